The first-order valence-corrected chi connectivity index (χ1v) is 13.8. The van der Waals surface area contributed by atoms with E-state index in [1.165, 1.54) is 30.5 Å². The maximum Gasteiger partial charge on any atom is 0.319 e. The molecule has 6 nitrogen and oxygen atoms in total. The average Bonchev–Trinajstić information content (AvgIpc) is 3.72. The molecule has 2 N–H and O–H groups in total. The van der Waals surface area contributed by atoms with E-state index in [1.54, 1.807) is 26.2 Å². The molecule has 3 unspecified atom stereocenters. The lowest BCUT2D eigenvalue weighted by molar-refractivity contribution is -0.0809. The van der Waals surface area contributed by atoms with Crippen LogP contribution in [0.25, 0.3) is 0 Å². The van der Waals surface area contributed by atoms with E-state index in [2.05, 4.69) is 46.6 Å². The van der Waals surface area contributed by atoms with E-state index >= 15 is 0 Å². The van der Waals surface area contributed by atoms with Gasteiger partial charge >= 0.3 is 6.03 Å². The van der Waals surface area contributed by atoms with Crippen molar-refractivity contribution in [3.05, 3.63) is 52.2 Å². The summed E-state index contributed by atoms with van der Waals surface area (Å²) in [5.74, 6) is 4.46. The third-order valence-electron chi connectivity index (χ3n) is 8.77. The molecule has 5 atom stereocenters. The van der Waals surface area contributed by atoms with Gasteiger partial charge in [0.05, 0.1) is 30.9 Å². The number of fused-ring (bicyclic) bond motifs is 2. The number of rotatable bonds is 6. The highest BCUT2D eigenvalue weighted by molar-refractivity contribution is 6.32. The van der Waals surface area contributed by atoms with E-state index in [4.69, 9.17) is 27.5 Å². The summed E-state index contributed by atoms with van der Waals surface area (Å²) >= 11 is 5.87. The minimum atomic E-state index is -0.255. The molecule has 7 heteroatoms. The van der Waals surface area contributed by atoms with Gasteiger partial charge in [-0.1, -0.05) is 30.5 Å². The summed E-state index contributed by atoms with van der Waals surface area (Å²) in [7, 11) is 1.73. The topological polar surface area (TPSA) is 62.8 Å². The van der Waals surface area contributed by atoms with Crippen LogP contribution >= 0.6 is 11.6 Å². The van der Waals surface area contributed by atoms with Gasteiger partial charge in [0.1, 0.15) is 5.75 Å². The molecule has 2 aliphatic carbocycles. The number of terminal acetylenes is 1. The number of nitrogens with one attached hydrogen (secondary N) is 2. The molecule has 5 rings (SSSR count). The molecule has 1 aromatic rings. The Kier molecular flexibility index (Phi) is 7.58. The lowest BCUT2D eigenvalue weighted by Gasteiger charge is -2.48. The SMILES string of the molecule is C#C/C(Cl)=C\C=C(/C)NC(=O)NC1COC2[C@H]3Cc4ccc(OC)cc4C(C)(C1)[C@H]2CCN3CC1CC1. The summed E-state index contributed by atoms with van der Waals surface area (Å²) in [4.78, 5) is 15.6. The number of urea groups is 1. The number of allylic oxidation sites excluding steroid dienone is 4. The Morgan fingerprint density at radius 1 is 1.35 bits per heavy atom. The molecule has 1 saturated carbocycles. The van der Waals surface area contributed by atoms with Gasteiger partial charge in [-0.2, -0.15) is 0 Å². The van der Waals surface area contributed by atoms with Crippen LogP contribution in [0.5, 0.6) is 5.75 Å². The lowest BCUT2D eigenvalue weighted by Crippen LogP contribution is -2.56. The molecule has 37 heavy (non-hydrogen) atoms. The maximum atomic E-state index is 12.9. The van der Waals surface area contributed by atoms with Crippen molar-refractivity contribution in [2.24, 2.45) is 11.8 Å². The van der Waals surface area contributed by atoms with Crippen LogP contribution in [-0.2, 0) is 16.6 Å². The fourth-order valence-electron chi connectivity index (χ4n) is 6.78. The molecule has 2 saturated heterocycles. The minimum Gasteiger partial charge on any atom is -0.497 e. The number of hydrogen-bond acceptors (Lipinski definition) is 4. The van der Waals surface area contributed by atoms with Crippen molar-refractivity contribution in [1.82, 2.24) is 15.5 Å². The lowest BCUT2D eigenvalue weighted by atomic mass is 9.64. The summed E-state index contributed by atoms with van der Waals surface area (Å²) in [5.41, 5.74) is 3.25. The Morgan fingerprint density at radius 2 is 2.16 bits per heavy atom. The third-order valence-corrected chi connectivity index (χ3v) is 9.00. The van der Waals surface area contributed by atoms with E-state index in [0.29, 0.717) is 24.3 Å². The van der Waals surface area contributed by atoms with Gasteiger partial charge in [0, 0.05) is 23.7 Å². The van der Waals surface area contributed by atoms with Crippen molar-refractivity contribution in [1.29, 1.82) is 0 Å². The van der Waals surface area contributed by atoms with Crippen molar-refractivity contribution in [2.45, 2.75) is 69.6 Å². The number of benzene rings is 1. The summed E-state index contributed by atoms with van der Waals surface area (Å²) in [6.07, 6.45) is 14.3. The van der Waals surface area contributed by atoms with Gasteiger partial charge in [0.25, 0.3) is 0 Å². The zero-order chi connectivity index (χ0) is 26.2. The van der Waals surface area contributed by atoms with Crippen LogP contribution in [0, 0.1) is 24.2 Å². The summed E-state index contributed by atoms with van der Waals surface area (Å²) in [5, 5.41) is 6.36. The number of nitrogens with zero attached hydrogens (tertiary/aromatic N) is 1. The quantitative estimate of drug-likeness (QED) is 0.418. The Morgan fingerprint density at radius 3 is 2.89 bits per heavy atom. The van der Waals surface area contributed by atoms with E-state index < -0.39 is 0 Å². The van der Waals surface area contributed by atoms with Crippen LogP contribution in [0.3, 0.4) is 0 Å². The number of ether oxygens (including phenoxy) is 2. The molecule has 198 valence electrons. The van der Waals surface area contributed by atoms with Gasteiger partial charge in [-0.3, -0.25) is 4.90 Å². The predicted molar refractivity (Wildman–Crippen MR) is 147 cm³/mol. The molecule has 0 spiro atoms. The second-order valence-electron chi connectivity index (χ2n) is 11.4. The van der Waals surface area contributed by atoms with Crippen LogP contribution in [0.4, 0.5) is 4.79 Å². The molecule has 4 bridgehead atoms. The number of carbonyl (C=O) groups excluding carboxylic acids is 1. The van der Waals surface area contributed by atoms with E-state index in [9.17, 15) is 4.79 Å². The number of hydrogen-bond donors (Lipinski definition) is 2. The Bertz CT molecular complexity index is 1140. The molecule has 3 fully saturated rings. The Hall–Kier alpha value is -2.46. The maximum absolute atomic E-state index is 12.9. The molecule has 2 heterocycles. The van der Waals surface area contributed by atoms with Gasteiger partial charge in [0.15, 0.2) is 0 Å². The Balaban J connectivity index is 1.42. The first kappa shape index (κ1) is 26.2. The van der Waals surface area contributed by atoms with E-state index in [-0.39, 0.29) is 28.6 Å². The van der Waals surface area contributed by atoms with Crippen molar-refractivity contribution in [3.8, 4) is 18.1 Å². The number of halogens is 1. The van der Waals surface area contributed by atoms with Crippen LogP contribution in [-0.4, -0.2) is 55.9 Å². The van der Waals surface area contributed by atoms with Crippen molar-refractivity contribution >= 4 is 17.6 Å². The second kappa shape index (κ2) is 10.7. The highest BCUT2D eigenvalue weighted by Gasteiger charge is 2.54. The first-order chi connectivity index (χ1) is 17.8. The van der Waals surface area contributed by atoms with Crippen LogP contribution in [0.15, 0.2) is 41.1 Å². The molecule has 0 aromatic heterocycles. The van der Waals surface area contributed by atoms with Crippen molar-refractivity contribution in [3.63, 3.8) is 0 Å². The molecule has 4 aliphatic rings. The van der Waals surface area contributed by atoms with Gasteiger partial charge in [0.2, 0.25) is 0 Å². The first-order valence-electron chi connectivity index (χ1n) is 13.4. The fraction of sp³-hybridized carbons (Fsp3) is 0.567. The normalized spacial score (nSPS) is 31.9. The molecular formula is C30H38ClN3O3. The number of amides is 2. The van der Waals surface area contributed by atoms with E-state index in [0.717, 1.165) is 37.5 Å². The Labute approximate surface area is 225 Å². The van der Waals surface area contributed by atoms with Gasteiger partial charge in [-0.25, -0.2) is 4.79 Å². The molecule has 1 aromatic carbocycles. The van der Waals surface area contributed by atoms with Crippen LogP contribution in [0.2, 0.25) is 0 Å². The summed E-state index contributed by atoms with van der Waals surface area (Å²) in [6.45, 7) is 6.97. The van der Waals surface area contributed by atoms with Crippen LogP contribution in [0.1, 0.15) is 50.7 Å². The molecule has 0 radical (unpaired) electrons. The smallest absolute Gasteiger partial charge is 0.319 e. The number of piperidine rings is 1. The standard InChI is InChI=1S/C30H38ClN3O3/c1-5-22(31)10-6-19(2)32-29(35)33-23-16-30(3)25-12-13-34(17-20-7-8-20)27(28(25)37-18-23)14-21-9-11-24(36-4)15-26(21)30/h1,6,9-11,15,20,23,25,27-28H,7-8,12-14,16-18H2,2-4H3,(H2,32,33,35)/b19-6+,22-10+/t23?,25-,27+,28?,30?/m0/s1. The average molecular weight is 524 g/mol. The van der Waals surface area contributed by atoms with Gasteiger partial charge in [-0.05, 0) is 92.8 Å². The molecular weight excluding hydrogens is 486 g/mol. The van der Waals surface area contributed by atoms with E-state index in [1.807, 2.05) is 0 Å². The van der Waals surface area contributed by atoms with Crippen LogP contribution < -0.4 is 15.4 Å². The highest BCUT2D eigenvalue weighted by Crippen LogP contribution is 2.51. The molecule has 2 amide bonds. The fourth-order valence-corrected chi connectivity index (χ4v) is 6.84. The van der Waals surface area contributed by atoms with Gasteiger partial charge < -0.3 is 20.1 Å². The summed E-state index contributed by atoms with van der Waals surface area (Å²) < 4.78 is 12.4. The second-order valence-corrected chi connectivity index (χ2v) is 11.8. The van der Waals surface area contributed by atoms with Gasteiger partial charge in [-0.15, -0.1) is 6.42 Å². The largest absolute Gasteiger partial charge is 0.497 e. The third kappa shape index (κ3) is 5.55. The number of carbonyl (C=O) groups is 1. The zero-order valence-corrected chi connectivity index (χ0v) is 22.8. The minimum absolute atomic E-state index is 0.122. The molecule has 2 aliphatic heterocycles. The predicted octanol–water partition coefficient (Wildman–Crippen LogP) is 4.73. The zero-order valence-electron chi connectivity index (χ0n) is 22.1. The highest BCUT2D eigenvalue weighted by atomic mass is 35.5. The number of likely N-dealkylation sites (tertiary alicyclic amines) is 1. The summed E-state index contributed by atoms with van der Waals surface area (Å²) in [6, 6.07) is 6.55. The number of methoxy groups -OCH3 is 1. The monoisotopic (exact) mass is 523 g/mol. The van der Waals surface area contributed by atoms with Crippen molar-refractivity contribution in [2.75, 3.05) is 26.8 Å². The van der Waals surface area contributed by atoms with Crippen molar-refractivity contribution < 1.29 is 14.3 Å².